The Morgan fingerprint density at radius 1 is 1.44 bits per heavy atom. The molecule has 0 saturated carbocycles. The average Bonchev–Trinajstić information content (AvgIpc) is 2.78. The Kier molecular flexibility index (Phi) is 4.30. The predicted octanol–water partition coefficient (Wildman–Crippen LogP) is 1.70. The van der Waals surface area contributed by atoms with Crippen LogP contribution in [0.15, 0.2) is 30.7 Å². The normalized spacial score (nSPS) is 12.6. The van der Waals surface area contributed by atoms with E-state index in [4.69, 9.17) is 17.4 Å². The Hall–Kier alpha value is -1.43. The number of aryl methyl sites for hydroxylation is 1. The lowest BCUT2D eigenvalue weighted by Gasteiger charge is -2.17. The molecule has 0 fully saturated rings. The second-order valence-corrected chi connectivity index (χ2v) is 4.38. The second kappa shape index (κ2) is 5.95. The van der Waals surface area contributed by atoms with Gasteiger partial charge in [0.2, 0.25) is 0 Å². The third kappa shape index (κ3) is 2.69. The predicted molar refractivity (Wildman–Crippen MR) is 70.9 cm³/mol. The molecule has 2 rings (SSSR count). The molecule has 5 nitrogen and oxygen atoms in total. The molecule has 6 heteroatoms. The van der Waals surface area contributed by atoms with Gasteiger partial charge in [-0.3, -0.25) is 20.9 Å². The molecule has 0 spiro atoms. The number of nitrogens with two attached hydrogens (primary N) is 1. The highest BCUT2D eigenvalue weighted by molar-refractivity contribution is 6.31. The van der Waals surface area contributed by atoms with Gasteiger partial charge in [-0.05, 0) is 31.0 Å². The van der Waals surface area contributed by atoms with Crippen LogP contribution in [-0.2, 0) is 13.0 Å². The number of hydrogen-bond donors (Lipinski definition) is 2. The largest absolute Gasteiger partial charge is 0.271 e. The lowest BCUT2D eigenvalue weighted by atomic mass is 10.0. The Balaban J connectivity index is 2.25. The van der Waals surface area contributed by atoms with E-state index in [9.17, 15) is 0 Å². The van der Waals surface area contributed by atoms with Gasteiger partial charge in [-0.1, -0.05) is 11.6 Å². The smallest absolute Gasteiger partial charge is 0.0834 e. The Morgan fingerprint density at radius 3 is 2.78 bits per heavy atom. The molecule has 96 valence electrons. The molecule has 3 N–H and O–H groups in total. The molecule has 0 aliphatic heterocycles. The fourth-order valence-corrected chi connectivity index (χ4v) is 2.23. The lowest BCUT2D eigenvalue weighted by molar-refractivity contribution is 0.490. The highest BCUT2D eigenvalue weighted by Gasteiger charge is 2.19. The summed E-state index contributed by atoms with van der Waals surface area (Å²) in [6, 6.07) is 3.86. The molecule has 2 heterocycles. The summed E-state index contributed by atoms with van der Waals surface area (Å²) >= 11 is 6.17. The molecule has 0 aliphatic carbocycles. The summed E-state index contributed by atoms with van der Waals surface area (Å²) in [6.07, 6.45) is 5.92. The van der Waals surface area contributed by atoms with E-state index in [1.165, 1.54) is 0 Å². The van der Waals surface area contributed by atoms with E-state index in [1.807, 2.05) is 23.7 Å². The number of hydrogen-bond acceptors (Lipinski definition) is 4. The van der Waals surface area contributed by atoms with Crippen LogP contribution in [0, 0.1) is 0 Å². The highest BCUT2D eigenvalue weighted by atomic mass is 35.5. The van der Waals surface area contributed by atoms with Crippen molar-refractivity contribution in [3.8, 4) is 0 Å². The molecule has 2 aromatic rings. The standard InChI is InChI=1S/C12H16ClN5/c1-2-18-12(10(13)8-16-18)11(17-14)7-9-3-5-15-6-4-9/h3-6,8,11,17H,2,7,14H2,1H3. The van der Waals surface area contributed by atoms with Gasteiger partial charge in [0.05, 0.1) is 23.0 Å². The van der Waals surface area contributed by atoms with Gasteiger partial charge in [-0.2, -0.15) is 5.10 Å². The summed E-state index contributed by atoms with van der Waals surface area (Å²) in [6.45, 7) is 2.78. The van der Waals surface area contributed by atoms with Crippen molar-refractivity contribution in [1.29, 1.82) is 0 Å². The molecule has 0 saturated heterocycles. The zero-order valence-electron chi connectivity index (χ0n) is 10.2. The Labute approximate surface area is 111 Å². The summed E-state index contributed by atoms with van der Waals surface area (Å²) < 4.78 is 1.86. The van der Waals surface area contributed by atoms with E-state index >= 15 is 0 Å². The van der Waals surface area contributed by atoms with Crippen molar-refractivity contribution in [3.05, 3.63) is 47.0 Å². The van der Waals surface area contributed by atoms with Crippen LogP contribution in [0.3, 0.4) is 0 Å². The van der Waals surface area contributed by atoms with Gasteiger partial charge in [0.15, 0.2) is 0 Å². The first-order valence-corrected chi connectivity index (χ1v) is 6.20. The van der Waals surface area contributed by atoms with Crippen LogP contribution in [0.4, 0.5) is 0 Å². The van der Waals surface area contributed by atoms with Crippen LogP contribution < -0.4 is 11.3 Å². The van der Waals surface area contributed by atoms with Crippen LogP contribution in [0.25, 0.3) is 0 Å². The van der Waals surface area contributed by atoms with Crippen molar-refractivity contribution < 1.29 is 0 Å². The van der Waals surface area contributed by atoms with Crippen molar-refractivity contribution in [1.82, 2.24) is 20.2 Å². The van der Waals surface area contributed by atoms with Crippen molar-refractivity contribution in [2.45, 2.75) is 25.9 Å². The Bertz CT molecular complexity index is 496. The zero-order chi connectivity index (χ0) is 13.0. The first-order chi connectivity index (χ1) is 8.76. The minimum Gasteiger partial charge on any atom is -0.271 e. The summed E-state index contributed by atoms with van der Waals surface area (Å²) in [4.78, 5) is 4.00. The number of nitrogens with zero attached hydrogens (tertiary/aromatic N) is 3. The second-order valence-electron chi connectivity index (χ2n) is 3.97. The number of aromatic nitrogens is 3. The summed E-state index contributed by atoms with van der Waals surface area (Å²) in [5.41, 5.74) is 4.86. The van der Waals surface area contributed by atoms with Gasteiger partial charge in [0.25, 0.3) is 0 Å². The molecular weight excluding hydrogens is 250 g/mol. The number of halogens is 1. The SMILES string of the molecule is CCn1ncc(Cl)c1C(Cc1ccncc1)NN. The molecule has 0 aromatic carbocycles. The summed E-state index contributed by atoms with van der Waals surface area (Å²) in [7, 11) is 0. The van der Waals surface area contributed by atoms with Gasteiger partial charge in [-0.15, -0.1) is 0 Å². The number of hydrazine groups is 1. The fourth-order valence-electron chi connectivity index (χ4n) is 1.96. The monoisotopic (exact) mass is 265 g/mol. The topological polar surface area (TPSA) is 68.8 Å². The van der Waals surface area contributed by atoms with Crippen LogP contribution in [-0.4, -0.2) is 14.8 Å². The number of rotatable bonds is 5. The molecule has 1 unspecified atom stereocenters. The minimum atomic E-state index is -0.0673. The molecule has 1 atom stereocenters. The average molecular weight is 266 g/mol. The van der Waals surface area contributed by atoms with Crippen LogP contribution >= 0.6 is 11.6 Å². The third-order valence-corrected chi connectivity index (χ3v) is 3.14. The number of pyridine rings is 1. The van der Waals surface area contributed by atoms with Gasteiger partial charge in [0.1, 0.15) is 0 Å². The molecule has 0 bridgehead atoms. The van der Waals surface area contributed by atoms with Crippen molar-refractivity contribution in [2.24, 2.45) is 5.84 Å². The minimum absolute atomic E-state index is 0.0673. The van der Waals surface area contributed by atoms with Crippen LogP contribution in [0.2, 0.25) is 5.02 Å². The van der Waals surface area contributed by atoms with Crippen molar-refractivity contribution in [2.75, 3.05) is 0 Å². The van der Waals surface area contributed by atoms with Gasteiger partial charge < -0.3 is 0 Å². The van der Waals surface area contributed by atoms with Crippen molar-refractivity contribution in [3.63, 3.8) is 0 Å². The molecular formula is C12H16ClN5. The molecule has 18 heavy (non-hydrogen) atoms. The summed E-state index contributed by atoms with van der Waals surface area (Å²) in [5.74, 6) is 5.64. The zero-order valence-corrected chi connectivity index (χ0v) is 10.9. The third-order valence-electron chi connectivity index (χ3n) is 2.85. The molecule has 2 aromatic heterocycles. The summed E-state index contributed by atoms with van der Waals surface area (Å²) in [5, 5.41) is 4.85. The molecule has 0 radical (unpaired) electrons. The number of nitrogens with one attached hydrogen (secondary N) is 1. The van der Waals surface area contributed by atoms with E-state index in [-0.39, 0.29) is 6.04 Å². The maximum atomic E-state index is 6.17. The first kappa shape index (κ1) is 13.0. The Morgan fingerprint density at radius 2 is 2.17 bits per heavy atom. The van der Waals surface area contributed by atoms with E-state index < -0.39 is 0 Å². The quantitative estimate of drug-likeness (QED) is 0.638. The van der Waals surface area contributed by atoms with Gasteiger partial charge >= 0.3 is 0 Å². The molecule has 0 amide bonds. The highest BCUT2D eigenvalue weighted by Crippen LogP contribution is 2.25. The lowest BCUT2D eigenvalue weighted by Crippen LogP contribution is -2.31. The van der Waals surface area contributed by atoms with Gasteiger partial charge in [0, 0.05) is 18.9 Å². The van der Waals surface area contributed by atoms with Crippen molar-refractivity contribution >= 4 is 11.6 Å². The van der Waals surface area contributed by atoms with E-state index in [0.717, 1.165) is 24.2 Å². The fraction of sp³-hybridized carbons (Fsp3) is 0.333. The maximum absolute atomic E-state index is 6.17. The first-order valence-electron chi connectivity index (χ1n) is 5.82. The van der Waals surface area contributed by atoms with E-state index in [0.29, 0.717) is 5.02 Å². The molecule has 0 aliphatic rings. The van der Waals surface area contributed by atoms with E-state index in [1.54, 1.807) is 18.6 Å². The van der Waals surface area contributed by atoms with Crippen LogP contribution in [0.5, 0.6) is 0 Å². The van der Waals surface area contributed by atoms with E-state index in [2.05, 4.69) is 15.5 Å². The maximum Gasteiger partial charge on any atom is 0.0834 e. The van der Waals surface area contributed by atoms with Crippen LogP contribution in [0.1, 0.15) is 24.2 Å². The van der Waals surface area contributed by atoms with Gasteiger partial charge in [-0.25, -0.2) is 0 Å².